The van der Waals surface area contributed by atoms with Crippen LogP contribution in [-0.2, 0) is 9.47 Å². The number of anilines is 1. The van der Waals surface area contributed by atoms with Crippen LogP contribution < -0.4 is 4.90 Å². The minimum atomic E-state index is -1.37. The van der Waals surface area contributed by atoms with Crippen molar-refractivity contribution in [3.63, 3.8) is 0 Å². The molecule has 3 rings (SSSR count). The van der Waals surface area contributed by atoms with Crippen LogP contribution in [0.5, 0.6) is 0 Å². The van der Waals surface area contributed by atoms with Gasteiger partial charge < -0.3 is 9.47 Å². The van der Waals surface area contributed by atoms with Gasteiger partial charge in [0.15, 0.2) is 23.3 Å². The summed E-state index contributed by atoms with van der Waals surface area (Å²) in [6.07, 6.45) is 5.49. The largest absolute Gasteiger partial charge is 0.443 e. The van der Waals surface area contributed by atoms with Crippen molar-refractivity contribution < 1.29 is 27.8 Å². The van der Waals surface area contributed by atoms with Gasteiger partial charge in [-0.25, -0.2) is 33.4 Å². The van der Waals surface area contributed by atoms with Crippen LogP contribution in [0, 0.1) is 11.6 Å². The number of pyridine rings is 1. The number of carbonyl (C=O) groups is 2. The molecule has 0 fully saturated rings. The number of carbonyl (C=O) groups excluding carboxylic acids is 2. The van der Waals surface area contributed by atoms with E-state index in [-0.39, 0.29) is 22.9 Å². The molecule has 0 N–H and O–H groups in total. The average Bonchev–Trinajstić information content (AvgIpc) is 3.22. The second-order valence-electron chi connectivity index (χ2n) is 11.2. The molecule has 0 spiro atoms. The molecule has 0 saturated carbocycles. The number of benzene rings is 1. The lowest BCUT2D eigenvalue weighted by molar-refractivity contribution is 0.0429. The Balaban J connectivity index is 2.32. The number of amides is 2. The first-order chi connectivity index (χ1) is 17.4. The summed E-state index contributed by atoms with van der Waals surface area (Å²) in [6.45, 7) is 9.87. The highest BCUT2D eigenvalue weighted by Gasteiger charge is 2.37. The smallest absolute Gasteiger partial charge is 0.425 e. The van der Waals surface area contributed by atoms with Crippen molar-refractivity contribution in [1.29, 1.82) is 0 Å². The van der Waals surface area contributed by atoms with E-state index in [0.717, 1.165) is 15.6 Å². The summed E-state index contributed by atoms with van der Waals surface area (Å²) in [5.41, 5.74) is -2.08. The van der Waals surface area contributed by atoms with Crippen molar-refractivity contribution in [2.45, 2.75) is 57.6 Å². The summed E-state index contributed by atoms with van der Waals surface area (Å²) < 4.78 is 40.8. The molecule has 13 heteroatoms. The number of ether oxygens (including phenoxy) is 2. The highest BCUT2D eigenvalue weighted by Crippen LogP contribution is 2.47. The molecule has 2 amide bonds. The summed E-state index contributed by atoms with van der Waals surface area (Å²) in [7, 11) is -1.37. The Morgan fingerprint density at radius 3 is 2.08 bits per heavy atom. The van der Waals surface area contributed by atoms with Gasteiger partial charge in [-0.3, -0.25) is 0 Å². The summed E-state index contributed by atoms with van der Waals surface area (Å²) in [5.74, 6) is -2.56. The molecule has 0 aliphatic carbocycles. The number of aromatic nitrogens is 5. The Labute approximate surface area is 221 Å². The lowest BCUT2D eigenvalue weighted by atomic mass is 10.2. The molecule has 38 heavy (non-hydrogen) atoms. The fourth-order valence-corrected chi connectivity index (χ4v) is 3.99. The van der Waals surface area contributed by atoms with E-state index in [1.165, 1.54) is 18.3 Å². The van der Waals surface area contributed by atoms with Crippen molar-refractivity contribution in [2.75, 3.05) is 23.7 Å². The van der Waals surface area contributed by atoms with Gasteiger partial charge in [-0.1, -0.05) is 6.07 Å². The number of halogens is 2. The lowest BCUT2D eigenvalue weighted by Gasteiger charge is -2.30. The van der Waals surface area contributed by atoms with Gasteiger partial charge in [0.1, 0.15) is 16.9 Å². The maximum atomic E-state index is 14.8. The molecule has 0 radical (unpaired) electrons. The maximum absolute atomic E-state index is 14.8. The predicted octanol–water partition coefficient (Wildman–Crippen LogP) is 5.73. The fourth-order valence-electron chi connectivity index (χ4n) is 3.15. The van der Waals surface area contributed by atoms with E-state index in [0.29, 0.717) is 4.90 Å². The highest BCUT2D eigenvalue weighted by molar-refractivity contribution is 8.32. The van der Waals surface area contributed by atoms with Crippen molar-refractivity contribution in [2.24, 2.45) is 0 Å². The summed E-state index contributed by atoms with van der Waals surface area (Å²) in [6, 6.07) is 5.23. The molecular formula is C25H32F2N6O4S. The van der Waals surface area contributed by atoms with Crippen molar-refractivity contribution in [3.05, 3.63) is 42.1 Å². The molecule has 0 bridgehead atoms. The fraction of sp³-hybridized carbons (Fsp3) is 0.440. The van der Waals surface area contributed by atoms with Crippen LogP contribution >= 0.6 is 10.0 Å². The molecule has 10 nitrogen and oxygen atoms in total. The number of hydrogen-bond acceptors (Lipinski definition) is 8. The highest BCUT2D eigenvalue weighted by atomic mass is 32.3. The van der Waals surface area contributed by atoms with Crippen LogP contribution in [0.1, 0.15) is 41.5 Å². The number of hydrogen-bond donors (Lipinski definition) is 0. The van der Waals surface area contributed by atoms with Crippen LogP contribution in [0.2, 0.25) is 0 Å². The van der Waals surface area contributed by atoms with E-state index < -0.39 is 45.1 Å². The van der Waals surface area contributed by atoms with Crippen LogP contribution in [0.3, 0.4) is 0 Å². The monoisotopic (exact) mass is 550 g/mol. The number of tetrazole rings is 1. The number of nitrogens with zero attached hydrogens (tertiary/aromatic N) is 6. The Morgan fingerprint density at radius 2 is 1.55 bits per heavy atom. The van der Waals surface area contributed by atoms with Gasteiger partial charge in [0.25, 0.3) is 0 Å². The molecule has 206 valence electrons. The second-order valence-corrected chi connectivity index (χ2v) is 15.3. The Bertz CT molecular complexity index is 1330. The molecule has 0 saturated heterocycles. The van der Waals surface area contributed by atoms with Crippen LogP contribution in [0.15, 0.2) is 35.4 Å². The van der Waals surface area contributed by atoms with Crippen LogP contribution in [0.4, 0.5) is 24.2 Å². The van der Waals surface area contributed by atoms with Crippen molar-refractivity contribution in [1.82, 2.24) is 25.2 Å². The SMILES string of the molecule is CC(C)(C)OC(=O)N(C(=O)OC(C)(C)C)c1ncc(S(C)(C)C)cc1-c1nnnn1-c1cccc(F)c1F. The van der Waals surface area contributed by atoms with E-state index in [2.05, 4.69) is 20.5 Å². The molecule has 0 aliphatic heterocycles. The molecule has 2 aromatic heterocycles. The second kappa shape index (κ2) is 10.3. The Hall–Kier alpha value is -3.61. The third-order valence-corrected chi connectivity index (χ3v) is 6.42. The number of imide groups is 1. The molecular weight excluding hydrogens is 518 g/mol. The average molecular weight is 551 g/mol. The summed E-state index contributed by atoms with van der Waals surface area (Å²) >= 11 is 0. The predicted molar refractivity (Wildman–Crippen MR) is 141 cm³/mol. The third kappa shape index (κ3) is 6.63. The van der Waals surface area contributed by atoms with E-state index in [4.69, 9.17) is 9.47 Å². The first kappa shape index (κ1) is 29.0. The zero-order valence-corrected chi connectivity index (χ0v) is 23.7. The molecule has 0 unspecified atom stereocenters. The van der Waals surface area contributed by atoms with Gasteiger partial charge in [0.05, 0.1) is 5.56 Å². The number of rotatable bonds is 4. The molecule has 3 aromatic rings. The van der Waals surface area contributed by atoms with Gasteiger partial charge in [-0.2, -0.15) is 9.58 Å². The minimum Gasteiger partial charge on any atom is -0.443 e. The molecule has 0 aliphatic rings. The van der Waals surface area contributed by atoms with Crippen molar-refractivity contribution >= 4 is 28.0 Å². The summed E-state index contributed by atoms with van der Waals surface area (Å²) in [4.78, 5) is 32.6. The van der Waals surface area contributed by atoms with E-state index >= 15 is 0 Å². The van der Waals surface area contributed by atoms with Crippen molar-refractivity contribution in [3.8, 4) is 17.1 Å². The normalized spacial score (nSPS) is 12.7. The van der Waals surface area contributed by atoms with Gasteiger partial charge in [0, 0.05) is 11.1 Å². The third-order valence-electron chi connectivity index (χ3n) is 4.78. The minimum absolute atomic E-state index is 0.0837. The van der Waals surface area contributed by atoms with E-state index in [1.807, 2.05) is 18.8 Å². The van der Waals surface area contributed by atoms with Gasteiger partial charge in [0.2, 0.25) is 0 Å². The van der Waals surface area contributed by atoms with Gasteiger partial charge >= 0.3 is 12.2 Å². The van der Waals surface area contributed by atoms with Crippen LogP contribution in [-0.4, -0.2) is 67.3 Å². The first-order valence-electron chi connectivity index (χ1n) is 11.6. The van der Waals surface area contributed by atoms with Gasteiger partial charge in [-0.05, 0) is 88.9 Å². The molecule has 2 heterocycles. The Morgan fingerprint density at radius 1 is 0.974 bits per heavy atom. The van der Waals surface area contributed by atoms with E-state index in [1.54, 1.807) is 47.6 Å². The zero-order valence-electron chi connectivity index (χ0n) is 22.9. The quantitative estimate of drug-likeness (QED) is 0.405. The maximum Gasteiger partial charge on any atom is 0.425 e. The first-order valence-corrected chi connectivity index (χ1v) is 14.4. The Kier molecular flexibility index (Phi) is 7.83. The lowest BCUT2D eigenvalue weighted by Crippen LogP contribution is -2.44. The zero-order chi connectivity index (χ0) is 28.6. The standard InChI is InChI=1S/C25H32F2N6O4S/c1-24(2,3)36-22(34)32(23(35)37-25(4,5)6)20-16(13-15(14-28-20)38(7,8)9)21-29-30-31-33(21)18-12-10-11-17(26)19(18)27/h10-14H,1-9H3. The van der Waals surface area contributed by atoms with Gasteiger partial charge in [-0.15, -0.1) is 5.10 Å². The van der Waals surface area contributed by atoms with E-state index in [9.17, 15) is 18.4 Å². The topological polar surface area (TPSA) is 112 Å². The molecule has 1 aromatic carbocycles. The molecule has 0 atom stereocenters. The van der Waals surface area contributed by atoms with Crippen LogP contribution in [0.25, 0.3) is 17.1 Å². The summed E-state index contributed by atoms with van der Waals surface area (Å²) in [5, 5.41) is 11.5.